The highest BCUT2D eigenvalue weighted by Crippen LogP contribution is 2.28. The van der Waals surface area contributed by atoms with Crippen LogP contribution in [0.2, 0.25) is 5.02 Å². The van der Waals surface area contributed by atoms with Crippen LogP contribution in [0.3, 0.4) is 0 Å². The summed E-state index contributed by atoms with van der Waals surface area (Å²) in [6.07, 6.45) is 3.26. The zero-order chi connectivity index (χ0) is 16.1. The van der Waals surface area contributed by atoms with Gasteiger partial charge in [0, 0.05) is 30.9 Å². The van der Waals surface area contributed by atoms with Gasteiger partial charge in [0.05, 0.1) is 12.2 Å². The summed E-state index contributed by atoms with van der Waals surface area (Å²) in [6, 6.07) is 11.1. The third-order valence-corrected chi connectivity index (χ3v) is 4.17. The van der Waals surface area contributed by atoms with E-state index in [-0.39, 0.29) is 43.4 Å². The molecule has 2 aromatic rings. The minimum atomic E-state index is -0.0811. The van der Waals surface area contributed by atoms with E-state index in [1.807, 2.05) is 29.2 Å². The van der Waals surface area contributed by atoms with E-state index in [0.29, 0.717) is 23.9 Å². The second-order valence-corrected chi connectivity index (χ2v) is 5.71. The molecule has 1 amide bonds. The van der Waals surface area contributed by atoms with Gasteiger partial charge in [0.15, 0.2) is 6.61 Å². The molecule has 1 saturated heterocycles. The van der Waals surface area contributed by atoms with Crippen LogP contribution in [0.15, 0.2) is 48.8 Å². The average Bonchev–Trinajstić information content (AvgIpc) is 2.61. The Morgan fingerprint density at radius 3 is 2.80 bits per heavy atom. The molecule has 1 atom stereocenters. The monoisotopic (exact) mass is 403 g/mol. The van der Waals surface area contributed by atoms with E-state index in [4.69, 9.17) is 16.3 Å². The lowest BCUT2D eigenvalue weighted by Crippen LogP contribution is -2.50. The molecule has 1 aliphatic heterocycles. The molecule has 1 aromatic heterocycles. The standard InChI is InChI=1S/C17H18ClN3O2.2ClH/c18-15-6-2-1-5-14(15)16-11-20-8-9-21(16)17(22)12-23-13-4-3-7-19-10-13;;/h1-7,10,16,20H,8-9,11-12H2;2*1H. The number of hydrogen-bond donors (Lipinski definition) is 1. The van der Waals surface area contributed by atoms with Crippen molar-refractivity contribution in [2.45, 2.75) is 6.04 Å². The van der Waals surface area contributed by atoms with Gasteiger partial charge in [0.2, 0.25) is 0 Å². The van der Waals surface area contributed by atoms with Crippen molar-refractivity contribution in [1.29, 1.82) is 0 Å². The highest BCUT2D eigenvalue weighted by molar-refractivity contribution is 6.31. The lowest BCUT2D eigenvalue weighted by Gasteiger charge is -2.36. The molecule has 0 spiro atoms. The van der Waals surface area contributed by atoms with Gasteiger partial charge in [-0.25, -0.2) is 0 Å². The molecule has 0 bridgehead atoms. The molecule has 1 unspecified atom stereocenters. The summed E-state index contributed by atoms with van der Waals surface area (Å²) < 4.78 is 5.53. The third kappa shape index (κ3) is 5.47. The largest absolute Gasteiger partial charge is 0.482 e. The smallest absolute Gasteiger partial charge is 0.261 e. The second-order valence-electron chi connectivity index (χ2n) is 5.31. The fourth-order valence-electron chi connectivity index (χ4n) is 2.69. The number of pyridine rings is 1. The SMILES string of the molecule is Cl.Cl.O=C(COc1cccnc1)N1CCNCC1c1ccccc1Cl. The van der Waals surface area contributed by atoms with Gasteiger partial charge in [-0.3, -0.25) is 9.78 Å². The maximum absolute atomic E-state index is 12.6. The van der Waals surface area contributed by atoms with Gasteiger partial charge in [-0.2, -0.15) is 0 Å². The summed E-state index contributed by atoms with van der Waals surface area (Å²) in [6.45, 7) is 2.07. The minimum absolute atomic E-state index is 0. The minimum Gasteiger partial charge on any atom is -0.482 e. The van der Waals surface area contributed by atoms with Crippen LogP contribution in [0.5, 0.6) is 5.75 Å². The number of ether oxygens (including phenoxy) is 1. The average molecular weight is 405 g/mol. The van der Waals surface area contributed by atoms with Gasteiger partial charge in [0.1, 0.15) is 5.75 Å². The summed E-state index contributed by atoms with van der Waals surface area (Å²) in [7, 11) is 0. The molecule has 1 fully saturated rings. The van der Waals surface area contributed by atoms with Crippen LogP contribution in [0.4, 0.5) is 0 Å². The van der Waals surface area contributed by atoms with Crippen LogP contribution in [-0.4, -0.2) is 42.0 Å². The Morgan fingerprint density at radius 1 is 1.28 bits per heavy atom. The van der Waals surface area contributed by atoms with E-state index in [9.17, 15) is 4.79 Å². The Hall–Kier alpha value is -1.53. The van der Waals surface area contributed by atoms with Crippen molar-refractivity contribution in [3.05, 3.63) is 59.4 Å². The predicted octanol–water partition coefficient (Wildman–Crippen LogP) is 3.13. The molecule has 3 rings (SSSR count). The topological polar surface area (TPSA) is 54.5 Å². The first kappa shape index (κ1) is 21.5. The number of rotatable bonds is 4. The Kier molecular flexibility index (Phi) is 9.00. The van der Waals surface area contributed by atoms with Gasteiger partial charge < -0.3 is 15.0 Å². The lowest BCUT2D eigenvalue weighted by molar-refractivity contribution is -0.136. The van der Waals surface area contributed by atoms with E-state index >= 15 is 0 Å². The number of carbonyl (C=O) groups is 1. The predicted molar refractivity (Wildman–Crippen MR) is 103 cm³/mol. The van der Waals surface area contributed by atoms with Gasteiger partial charge in [-0.15, -0.1) is 24.8 Å². The van der Waals surface area contributed by atoms with Crippen LogP contribution in [0, 0.1) is 0 Å². The van der Waals surface area contributed by atoms with Crippen molar-refractivity contribution in [3.8, 4) is 5.75 Å². The summed E-state index contributed by atoms with van der Waals surface area (Å²) in [5.74, 6) is 0.533. The number of amides is 1. The first-order chi connectivity index (χ1) is 11.3. The quantitative estimate of drug-likeness (QED) is 0.850. The van der Waals surface area contributed by atoms with Crippen molar-refractivity contribution in [1.82, 2.24) is 15.2 Å². The number of nitrogens with one attached hydrogen (secondary N) is 1. The number of aromatic nitrogens is 1. The van der Waals surface area contributed by atoms with Gasteiger partial charge in [-0.1, -0.05) is 29.8 Å². The molecule has 5 nitrogen and oxygen atoms in total. The lowest BCUT2D eigenvalue weighted by atomic mass is 10.0. The fourth-order valence-corrected chi connectivity index (χ4v) is 2.95. The van der Waals surface area contributed by atoms with Crippen molar-refractivity contribution in [3.63, 3.8) is 0 Å². The summed E-state index contributed by atoms with van der Waals surface area (Å²) >= 11 is 6.30. The Labute approximate surface area is 164 Å². The molecule has 1 aliphatic rings. The molecule has 0 saturated carbocycles. The Balaban J connectivity index is 0.00000156. The molecule has 1 aromatic carbocycles. The van der Waals surface area contributed by atoms with Crippen LogP contribution < -0.4 is 10.1 Å². The first-order valence-electron chi connectivity index (χ1n) is 7.53. The molecule has 136 valence electrons. The van der Waals surface area contributed by atoms with Crippen LogP contribution in [0.1, 0.15) is 11.6 Å². The van der Waals surface area contributed by atoms with Crippen molar-refractivity contribution in [2.75, 3.05) is 26.2 Å². The second kappa shape index (κ2) is 10.5. The normalized spacial score (nSPS) is 16.4. The zero-order valence-corrected chi connectivity index (χ0v) is 15.8. The van der Waals surface area contributed by atoms with Crippen molar-refractivity contribution < 1.29 is 9.53 Å². The summed E-state index contributed by atoms with van der Waals surface area (Å²) in [5.41, 5.74) is 0.955. The van der Waals surface area contributed by atoms with Crippen LogP contribution in [-0.2, 0) is 4.79 Å². The fraction of sp³-hybridized carbons (Fsp3) is 0.294. The molecular formula is C17H20Cl3N3O2. The maximum atomic E-state index is 12.6. The highest BCUT2D eigenvalue weighted by atomic mass is 35.5. The Bertz CT molecular complexity index is 673. The maximum Gasteiger partial charge on any atom is 0.261 e. The number of carbonyl (C=O) groups excluding carboxylic acids is 1. The number of nitrogens with zero attached hydrogens (tertiary/aromatic N) is 2. The molecule has 8 heteroatoms. The van der Waals surface area contributed by atoms with Gasteiger partial charge in [0.25, 0.3) is 5.91 Å². The highest BCUT2D eigenvalue weighted by Gasteiger charge is 2.29. The summed E-state index contributed by atoms with van der Waals surface area (Å²) in [4.78, 5) is 18.4. The molecule has 0 radical (unpaired) electrons. The molecular weight excluding hydrogens is 385 g/mol. The van der Waals surface area contributed by atoms with Crippen molar-refractivity contribution in [2.24, 2.45) is 0 Å². The van der Waals surface area contributed by atoms with Gasteiger partial charge >= 0.3 is 0 Å². The first-order valence-corrected chi connectivity index (χ1v) is 7.91. The van der Waals surface area contributed by atoms with E-state index in [1.54, 1.807) is 24.5 Å². The van der Waals surface area contributed by atoms with E-state index in [2.05, 4.69) is 10.3 Å². The number of halogens is 3. The van der Waals surface area contributed by atoms with Crippen LogP contribution >= 0.6 is 36.4 Å². The number of hydrogen-bond acceptors (Lipinski definition) is 4. The number of benzene rings is 1. The van der Waals surface area contributed by atoms with Gasteiger partial charge in [-0.05, 0) is 23.8 Å². The third-order valence-electron chi connectivity index (χ3n) is 3.82. The molecule has 25 heavy (non-hydrogen) atoms. The number of piperazine rings is 1. The van der Waals surface area contributed by atoms with E-state index in [1.165, 1.54) is 0 Å². The summed E-state index contributed by atoms with van der Waals surface area (Å²) in [5, 5.41) is 3.99. The molecule has 2 heterocycles. The molecule has 0 aliphatic carbocycles. The van der Waals surface area contributed by atoms with E-state index in [0.717, 1.165) is 12.1 Å². The zero-order valence-electron chi connectivity index (χ0n) is 13.4. The van der Waals surface area contributed by atoms with Crippen LogP contribution in [0.25, 0.3) is 0 Å². The molecule has 1 N–H and O–H groups in total. The van der Waals surface area contributed by atoms with E-state index < -0.39 is 0 Å². The Morgan fingerprint density at radius 2 is 2.08 bits per heavy atom. The van der Waals surface area contributed by atoms with Crippen molar-refractivity contribution >= 4 is 42.3 Å².